The van der Waals surface area contributed by atoms with Crippen molar-refractivity contribution in [3.63, 3.8) is 0 Å². The second-order valence-corrected chi connectivity index (χ2v) is 8.09. The molecule has 2 rings (SSSR count). The van der Waals surface area contributed by atoms with Crippen molar-refractivity contribution in [3.8, 4) is 0 Å². The number of methoxy groups -OCH3 is 1. The zero-order valence-electron chi connectivity index (χ0n) is 16.3. The van der Waals surface area contributed by atoms with E-state index in [0.29, 0.717) is 11.3 Å². The summed E-state index contributed by atoms with van der Waals surface area (Å²) in [7, 11) is -2.82. The van der Waals surface area contributed by atoms with Crippen LogP contribution in [0.15, 0.2) is 29.4 Å². The van der Waals surface area contributed by atoms with Crippen molar-refractivity contribution >= 4 is 38.8 Å². The van der Waals surface area contributed by atoms with Gasteiger partial charge in [-0.2, -0.15) is 9.97 Å². The number of benzene rings is 1. The number of nitro groups is 1. The number of carbonyl (C=O) groups excluding carboxylic acids is 1. The van der Waals surface area contributed by atoms with Crippen molar-refractivity contribution in [2.45, 2.75) is 18.1 Å². The first-order chi connectivity index (χ1) is 14.0. The van der Waals surface area contributed by atoms with E-state index in [0.717, 1.165) is 13.4 Å². The molecule has 2 N–H and O–H groups in total. The molecule has 1 unspecified atom stereocenters. The number of nitrogens with two attached hydrogens (primary N) is 1. The second kappa shape index (κ2) is 8.70. The number of carbonyl (C=O) groups is 1. The summed E-state index contributed by atoms with van der Waals surface area (Å²) in [6.45, 7) is 8.17. The summed E-state index contributed by atoms with van der Waals surface area (Å²) in [6.07, 6.45) is 0.828. The van der Waals surface area contributed by atoms with E-state index in [4.69, 9.17) is 12.3 Å². The number of nitrogen functional groups attached to an aromatic ring is 1. The van der Waals surface area contributed by atoms with Crippen LogP contribution in [0.3, 0.4) is 0 Å². The molecule has 0 aliphatic rings. The van der Waals surface area contributed by atoms with Gasteiger partial charge in [0.2, 0.25) is 21.5 Å². The number of rotatable bonds is 7. The van der Waals surface area contributed by atoms with Crippen LogP contribution in [0.25, 0.3) is 4.85 Å². The highest BCUT2D eigenvalue weighted by atomic mass is 32.2. The number of esters is 1. The highest BCUT2D eigenvalue weighted by Gasteiger charge is 2.33. The van der Waals surface area contributed by atoms with Gasteiger partial charge in [0.15, 0.2) is 5.69 Å². The fourth-order valence-corrected chi connectivity index (χ4v) is 3.10. The van der Waals surface area contributed by atoms with Crippen LogP contribution in [0.1, 0.15) is 18.5 Å². The largest absolute Gasteiger partial charge is 0.468 e. The maximum absolute atomic E-state index is 12.0. The van der Waals surface area contributed by atoms with Crippen molar-refractivity contribution in [2.24, 2.45) is 0 Å². The number of hydrogen-bond acceptors (Lipinski definition) is 10. The van der Waals surface area contributed by atoms with Gasteiger partial charge in [-0.3, -0.25) is 14.9 Å². The van der Waals surface area contributed by atoms with E-state index in [9.17, 15) is 23.3 Å². The van der Waals surface area contributed by atoms with E-state index in [1.807, 2.05) is 0 Å². The molecule has 1 heterocycles. The van der Waals surface area contributed by atoms with Crippen molar-refractivity contribution < 1.29 is 22.9 Å². The Morgan fingerprint density at radius 1 is 1.37 bits per heavy atom. The van der Waals surface area contributed by atoms with Gasteiger partial charge in [-0.25, -0.2) is 13.3 Å². The first-order valence-corrected chi connectivity index (χ1v) is 10.2. The summed E-state index contributed by atoms with van der Waals surface area (Å²) in [4.78, 5) is 34.6. The Morgan fingerprint density at radius 3 is 2.43 bits per heavy atom. The van der Waals surface area contributed by atoms with Gasteiger partial charge in [-0.15, -0.1) is 0 Å². The number of hydrogen-bond donors (Lipinski definition) is 1. The van der Waals surface area contributed by atoms with Crippen LogP contribution in [0.4, 0.5) is 23.0 Å². The van der Waals surface area contributed by atoms with Crippen molar-refractivity contribution in [1.29, 1.82) is 0 Å². The number of anilines is 2. The average molecular weight is 434 g/mol. The van der Waals surface area contributed by atoms with Gasteiger partial charge < -0.3 is 15.4 Å². The molecule has 0 saturated carbocycles. The molecular weight excluding hydrogens is 416 g/mol. The maximum Gasteiger partial charge on any atom is 0.353 e. The summed E-state index contributed by atoms with van der Waals surface area (Å²) in [5, 5.41) is 10.9. The average Bonchev–Trinajstić information content (AvgIpc) is 2.69. The lowest BCUT2D eigenvalue weighted by Crippen LogP contribution is -2.35. The fourth-order valence-electron chi connectivity index (χ4n) is 2.59. The summed E-state index contributed by atoms with van der Waals surface area (Å²) in [5.74, 6) is -1.84. The van der Waals surface area contributed by atoms with E-state index in [1.54, 1.807) is 31.2 Å². The third-order valence-corrected chi connectivity index (χ3v) is 5.00. The molecule has 13 heteroatoms. The molecule has 12 nitrogen and oxygen atoms in total. The van der Waals surface area contributed by atoms with Crippen LogP contribution >= 0.6 is 0 Å². The molecule has 0 bridgehead atoms. The molecule has 158 valence electrons. The normalized spacial score (nSPS) is 11.9. The van der Waals surface area contributed by atoms with E-state index in [2.05, 4.69) is 19.5 Å². The van der Waals surface area contributed by atoms with E-state index in [1.165, 1.54) is 4.90 Å². The molecule has 0 fully saturated rings. The van der Waals surface area contributed by atoms with Crippen LogP contribution in [0, 0.1) is 16.7 Å². The zero-order valence-corrected chi connectivity index (χ0v) is 17.1. The van der Waals surface area contributed by atoms with Crippen molar-refractivity contribution in [3.05, 3.63) is 51.4 Å². The Hall–Kier alpha value is -3.79. The molecule has 1 aromatic heterocycles. The summed E-state index contributed by atoms with van der Waals surface area (Å²) >= 11 is 0. The molecule has 0 radical (unpaired) electrons. The smallest absolute Gasteiger partial charge is 0.353 e. The van der Waals surface area contributed by atoms with Crippen LogP contribution < -0.4 is 10.6 Å². The summed E-state index contributed by atoms with van der Waals surface area (Å²) in [6, 6.07) is 5.59. The third kappa shape index (κ3) is 4.78. The van der Waals surface area contributed by atoms with Gasteiger partial charge in [0.1, 0.15) is 6.54 Å². The quantitative estimate of drug-likeness (QED) is 0.223. The molecule has 30 heavy (non-hydrogen) atoms. The monoisotopic (exact) mass is 434 g/mol. The van der Waals surface area contributed by atoms with Gasteiger partial charge in [0, 0.05) is 6.26 Å². The molecule has 1 atom stereocenters. The van der Waals surface area contributed by atoms with Gasteiger partial charge in [0.05, 0.1) is 24.6 Å². The lowest BCUT2D eigenvalue weighted by Gasteiger charge is -2.29. The van der Waals surface area contributed by atoms with Gasteiger partial charge >= 0.3 is 11.7 Å². The first-order valence-electron chi connectivity index (χ1n) is 8.32. The van der Waals surface area contributed by atoms with Gasteiger partial charge in [-0.1, -0.05) is 24.3 Å². The molecule has 0 amide bonds. The highest BCUT2D eigenvalue weighted by molar-refractivity contribution is 7.90. The van der Waals surface area contributed by atoms with Crippen LogP contribution in [-0.2, 0) is 19.4 Å². The predicted molar refractivity (Wildman–Crippen MR) is 107 cm³/mol. The molecule has 0 aliphatic carbocycles. The van der Waals surface area contributed by atoms with Gasteiger partial charge in [0.25, 0.3) is 5.16 Å². The van der Waals surface area contributed by atoms with E-state index in [-0.39, 0.29) is 0 Å². The molecule has 0 aliphatic heterocycles. The van der Waals surface area contributed by atoms with Crippen LogP contribution in [-0.4, -0.2) is 49.2 Å². The Balaban J connectivity index is 2.74. The lowest BCUT2D eigenvalue weighted by atomic mass is 10.1. The number of aromatic nitrogens is 2. The van der Waals surface area contributed by atoms with Crippen LogP contribution in [0.5, 0.6) is 0 Å². The summed E-state index contributed by atoms with van der Waals surface area (Å²) < 4.78 is 28.6. The van der Waals surface area contributed by atoms with E-state index < -0.39 is 55.8 Å². The topological polar surface area (TPSA) is 163 Å². The standard InChI is InChI=1S/C17H18N6O6S/c1-10(11-5-7-12(19-2)8-6-11)22(9-13(24)29-3)16-14(23(25)26)15(18)20-17(21-16)30(4,27)28/h5-8,10H,9H2,1,3-4H3,(H2,18,20,21). The van der Waals surface area contributed by atoms with Crippen LogP contribution in [0.2, 0.25) is 0 Å². The predicted octanol–water partition coefficient (Wildman–Crippen LogP) is 1.66. The minimum Gasteiger partial charge on any atom is -0.468 e. The van der Waals surface area contributed by atoms with E-state index >= 15 is 0 Å². The number of ether oxygens (including phenoxy) is 1. The summed E-state index contributed by atoms with van der Waals surface area (Å²) in [5.41, 5.74) is 5.88. The fraction of sp³-hybridized carbons (Fsp3) is 0.294. The third-order valence-electron chi connectivity index (χ3n) is 4.16. The Kier molecular flexibility index (Phi) is 6.53. The minimum absolute atomic E-state index is 0.377. The van der Waals surface area contributed by atoms with Crippen molar-refractivity contribution in [1.82, 2.24) is 9.97 Å². The first kappa shape index (κ1) is 22.5. The zero-order chi connectivity index (χ0) is 22.6. The second-order valence-electron chi connectivity index (χ2n) is 6.18. The Labute approximate surface area is 172 Å². The number of nitrogens with zero attached hydrogens (tertiary/aromatic N) is 5. The molecule has 2 aromatic rings. The molecular formula is C17H18N6O6S. The minimum atomic E-state index is -3.96. The molecule has 0 saturated heterocycles. The lowest BCUT2D eigenvalue weighted by molar-refractivity contribution is -0.383. The highest BCUT2D eigenvalue weighted by Crippen LogP contribution is 2.36. The Bertz CT molecular complexity index is 1130. The SMILES string of the molecule is [C-]#[N+]c1ccc(C(C)N(CC(=O)OC)c2nc(S(C)(=O)=O)nc(N)c2[N+](=O)[O-])cc1. The van der Waals surface area contributed by atoms with Gasteiger partial charge in [-0.05, 0) is 12.5 Å². The Morgan fingerprint density at radius 2 is 1.97 bits per heavy atom. The maximum atomic E-state index is 12.0. The number of sulfone groups is 1. The molecule has 0 spiro atoms. The molecule has 1 aromatic carbocycles. The van der Waals surface area contributed by atoms with Crippen molar-refractivity contribution in [2.75, 3.05) is 30.5 Å².